The van der Waals surface area contributed by atoms with Crippen molar-refractivity contribution < 1.29 is 36.1 Å². The van der Waals surface area contributed by atoms with Crippen LogP contribution in [0.25, 0.3) is 11.3 Å². The van der Waals surface area contributed by atoms with Crippen molar-refractivity contribution in [2.24, 2.45) is 0 Å². The Balaban J connectivity index is 1.77. The fourth-order valence-corrected chi connectivity index (χ4v) is 2.46. The zero-order chi connectivity index (χ0) is 21.3. The first-order valence-electron chi connectivity index (χ1n) is 8.05. The number of carbonyl (C=O) groups excluding carboxylic acids is 1. The van der Waals surface area contributed by atoms with E-state index < -0.39 is 47.3 Å². The van der Waals surface area contributed by atoms with E-state index in [0.717, 1.165) is 11.1 Å². The normalized spacial score (nSPS) is 10.9. The molecule has 0 fully saturated rings. The van der Waals surface area contributed by atoms with Crippen LogP contribution in [0.1, 0.15) is 11.1 Å². The molecule has 0 aliphatic carbocycles. The SMILES string of the molecule is Cc1ccc(C)c(-c2nonc2NC(=O)COc2c(F)c(F)c(F)c(F)c2F)c1. The molecule has 0 unspecified atom stereocenters. The fraction of sp³-hybridized carbons (Fsp3) is 0.167. The van der Waals surface area contributed by atoms with Crippen LogP contribution in [0.15, 0.2) is 22.8 Å². The quantitative estimate of drug-likeness (QED) is 0.388. The van der Waals surface area contributed by atoms with Gasteiger partial charge in [-0.2, -0.15) is 8.78 Å². The lowest BCUT2D eigenvalue weighted by molar-refractivity contribution is -0.118. The van der Waals surface area contributed by atoms with Gasteiger partial charge in [0.15, 0.2) is 18.1 Å². The van der Waals surface area contributed by atoms with Crippen LogP contribution in [-0.2, 0) is 4.79 Å². The minimum absolute atomic E-state index is 0.107. The van der Waals surface area contributed by atoms with Crippen molar-refractivity contribution in [1.82, 2.24) is 10.3 Å². The second kappa shape index (κ2) is 7.86. The molecule has 0 saturated carbocycles. The van der Waals surface area contributed by atoms with Crippen molar-refractivity contribution in [3.63, 3.8) is 0 Å². The van der Waals surface area contributed by atoms with Gasteiger partial charge < -0.3 is 10.1 Å². The van der Waals surface area contributed by atoms with Crippen molar-refractivity contribution in [1.29, 1.82) is 0 Å². The Bertz CT molecular complexity index is 1070. The number of aromatic nitrogens is 2. The zero-order valence-electron chi connectivity index (χ0n) is 14.9. The van der Waals surface area contributed by atoms with Crippen LogP contribution in [0.5, 0.6) is 5.75 Å². The molecule has 0 aliphatic heterocycles. The van der Waals surface area contributed by atoms with Crippen molar-refractivity contribution in [2.75, 3.05) is 11.9 Å². The van der Waals surface area contributed by atoms with Crippen LogP contribution in [-0.4, -0.2) is 22.8 Å². The summed E-state index contributed by atoms with van der Waals surface area (Å²) >= 11 is 0. The molecule has 3 aromatic rings. The molecule has 0 spiro atoms. The van der Waals surface area contributed by atoms with E-state index in [4.69, 9.17) is 0 Å². The van der Waals surface area contributed by atoms with Crippen molar-refractivity contribution in [3.8, 4) is 17.0 Å². The zero-order valence-corrected chi connectivity index (χ0v) is 14.9. The minimum atomic E-state index is -2.33. The first-order chi connectivity index (χ1) is 13.7. The van der Waals surface area contributed by atoms with Crippen molar-refractivity contribution in [3.05, 3.63) is 58.4 Å². The highest BCUT2D eigenvalue weighted by atomic mass is 19.2. The molecular weight excluding hydrogens is 401 g/mol. The standard InChI is InChI=1S/C18H12F5N3O3/c1-7-3-4-8(2)9(5-7)16-18(26-29-25-16)24-10(27)6-28-17-14(22)12(20)11(19)13(21)15(17)23/h3-5H,6H2,1-2H3,(H,24,26,27). The van der Waals surface area contributed by atoms with Gasteiger partial charge >= 0.3 is 0 Å². The summed E-state index contributed by atoms with van der Waals surface area (Å²) in [5, 5.41) is 9.51. The summed E-state index contributed by atoms with van der Waals surface area (Å²) in [6, 6.07) is 5.45. The molecule has 1 N–H and O–H groups in total. The molecule has 0 saturated heterocycles. The second-order valence-corrected chi connectivity index (χ2v) is 6.02. The second-order valence-electron chi connectivity index (χ2n) is 6.02. The van der Waals surface area contributed by atoms with Crippen molar-refractivity contribution >= 4 is 11.7 Å². The van der Waals surface area contributed by atoms with Gasteiger partial charge in [0, 0.05) is 5.56 Å². The lowest BCUT2D eigenvalue weighted by atomic mass is 10.0. The molecule has 152 valence electrons. The molecule has 6 nitrogen and oxygen atoms in total. The number of benzene rings is 2. The van der Waals surface area contributed by atoms with E-state index in [2.05, 4.69) is 25.0 Å². The van der Waals surface area contributed by atoms with Crippen LogP contribution < -0.4 is 10.1 Å². The van der Waals surface area contributed by atoms with Gasteiger partial charge in [0.1, 0.15) is 0 Å². The van der Waals surface area contributed by atoms with Crippen LogP contribution in [0.3, 0.4) is 0 Å². The molecule has 2 aromatic carbocycles. The van der Waals surface area contributed by atoms with Crippen LogP contribution in [0.2, 0.25) is 0 Å². The Morgan fingerprint density at radius 2 is 1.62 bits per heavy atom. The molecule has 0 atom stereocenters. The van der Waals surface area contributed by atoms with E-state index in [9.17, 15) is 26.7 Å². The maximum atomic E-state index is 13.6. The number of hydrogen-bond acceptors (Lipinski definition) is 5. The number of hydrogen-bond donors (Lipinski definition) is 1. The highest BCUT2D eigenvalue weighted by Crippen LogP contribution is 2.30. The highest BCUT2D eigenvalue weighted by molar-refractivity contribution is 5.94. The smallest absolute Gasteiger partial charge is 0.263 e. The van der Waals surface area contributed by atoms with E-state index in [1.54, 1.807) is 13.0 Å². The molecule has 0 aliphatic rings. The first kappa shape index (κ1) is 20.2. The van der Waals surface area contributed by atoms with Gasteiger partial charge in [0.2, 0.25) is 34.9 Å². The summed E-state index contributed by atoms with van der Waals surface area (Å²) in [7, 11) is 0. The summed E-state index contributed by atoms with van der Waals surface area (Å²) in [6.07, 6.45) is 0. The molecular formula is C18H12F5N3O3. The predicted octanol–water partition coefficient (Wildman–Crippen LogP) is 4.07. The highest BCUT2D eigenvalue weighted by Gasteiger charge is 2.27. The average molecular weight is 413 g/mol. The number of nitrogens with one attached hydrogen (secondary N) is 1. The van der Waals surface area contributed by atoms with E-state index in [-0.39, 0.29) is 11.5 Å². The largest absolute Gasteiger partial charge is 0.477 e. The number of anilines is 1. The lowest BCUT2D eigenvalue weighted by Gasteiger charge is -2.10. The van der Waals surface area contributed by atoms with Gasteiger partial charge in [-0.15, -0.1) is 0 Å². The summed E-state index contributed by atoms with van der Waals surface area (Å²) in [4.78, 5) is 12.0. The maximum Gasteiger partial charge on any atom is 0.263 e. The van der Waals surface area contributed by atoms with Gasteiger partial charge in [0.05, 0.1) is 0 Å². The number of nitrogens with zero attached hydrogens (tertiary/aromatic N) is 2. The predicted molar refractivity (Wildman–Crippen MR) is 89.6 cm³/mol. The third-order valence-corrected chi connectivity index (χ3v) is 3.91. The van der Waals surface area contributed by atoms with E-state index in [1.165, 1.54) is 0 Å². The molecule has 1 aromatic heterocycles. The minimum Gasteiger partial charge on any atom is -0.477 e. The third kappa shape index (κ3) is 3.89. The topological polar surface area (TPSA) is 77.3 Å². The number of carbonyl (C=O) groups is 1. The van der Waals surface area contributed by atoms with Crippen molar-refractivity contribution in [2.45, 2.75) is 13.8 Å². The van der Waals surface area contributed by atoms with Gasteiger partial charge in [-0.1, -0.05) is 17.7 Å². The molecule has 29 heavy (non-hydrogen) atoms. The summed E-state index contributed by atoms with van der Waals surface area (Å²) in [6.45, 7) is 2.57. The Labute approximate surface area is 160 Å². The summed E-state index contributed by atoms with van der Waals surface area (Å²) in [5.74, 6) is -13.7. The van der Waals surface area contributed by atoms with Crippen LogP contribution in [0, 0.1) is 42.9 Å². The number of amides is 1. The lowest BCUT2D eigenvalue weighted by Crippen LogP contribution is -2.22. The Hall–Kier alpha value is -3.50. The molecule has 1 heterocycles. The Morgan fingerprint density at radius 3 is 2.28 bits per heavy atom. The number of halogens is 5. The molecule has 3 rings (SSSR count). The Morgan fingerprint density at radius 1 is 1.00 bits per heavy atom. The van der Waals surface area contributed by atoms with E-state index >= 15 is 0 Å². The first-order valence-corrected chi connectivity index (χ1v) is 8.05. The number of rotatable bonds is 5. The average Bonchev–Trinajstić information content (AvgIpc) is 3.14. The van der Waals surface area contributed by atoms with Crippen LogP contribution in [0.4, 0.5) is 27.8 Å². The molecule has 0 bridgehead atoms. The van der Waals surface area contributed by atoms with Crippen LogP contribution >= 0.6 is 0 Å². The van der Waals surface area contributed by atoms with Gasteiger partial charge in [-0.3, -0.25) is 4.79 Å². The van der Waals surface area contributed by atoms with Gasteiger partial charge in [0.25, 0.3) is 5.91 Å². The summed E-state index contributed by atoms with van der Waals surface area (Å²) in [5.41, 5.74) is 2.51. The number of aryl methyl sites for hydroxylation is 2. The van der Waals surface area contributed by atoms with Gasteiger partial charge in [-0.05, 0) is 35.8 Å². The Kier molecular flexibility index (Phi) is 5.48. The van der Waals surface area contributed by atoms with E-state index in [1.807, 2.05) is 19.1 Å². The fourth-order valence-electron chi connectivity index (χ4n) is 2.46. The van der Waals surface area contributed by atoms with E-state index in [0.29, 0.717) is 5.56 Å². The molecule has 11 heteroatoms. The molecule has 1 amide bonds. The monoisotopic (exact) mass is 413 g/mol. The number of ether oxygens (including phenoxy) is 1. The third-order valence-electron chi connectivity index (χ3n) is 3.91. The molecule has 0 radical (unpaired) electrons. The maximum absolute atomic E-state index is 13.6. The summed E-state index contributed by atoms with van der Waals surface area (Å²) < 4.78 is 75.7. The van der Waals surface area contributed by atoms with Gasteiger partial charge in [-0.25, -0.2) is 17.8 Å².